The van der Waals surface area contributed by atoms with Gasteiger partial charge in [-0.05, 0) is 53.9 Å². The van der Waals surface area contributed by atoms with Crippen molar-refractivity contribution in [1.82, 2.24) is 24.7 Å². The van der Waals surface area contributed by atoms with Gasteiger partial charge in [0.15, 0.2) is 0 Å². The highest BCUT2D eigenvalue weighted by Gasteiger charge is 2.25. The summed E-state index contributed by atoms with van der Waals surface area (Å²) in [5.41, 5.74) is 0.990. The van der Waals surface area contributed by atoms with Crippen LogP contribution in [0.4, 0.5) is 0 Å². The van der Waals surface area contributed by atoms with E-state index in [2.05, 4.69) is 33.6 Å². The first-order valence-electron chi connectivity index (χ1n) is 9.07. The van der Waals surface area contributed by atoms with Crippen LogP contribution in [0.1, 0.15) is 45.1 Å². The molecule has 1 rings (SSSR count). The lowest BCUT2D eigenvalue weighted by atomic mass is 10.2. The van der Waals surface area contributed by atoms with Crippen molar-refractivity contribution in [3.63, 3.8) is 0 Å². The first-order chi connectivity index (χ1) is 11.4. The normalized spacial score (nSPS) is 12.8. The molecule has 1 aromatic heterocycles. The lowest BCUT2D eigenvalue weighted by Gasteiger charge is -2.33. The van der Waals surface area contributed by atoms with Gasteiger partial charge in [0.25, 0.3) is 0 Å². The van der Waals surface area contributed by atoms with E-state index in [1.807, 2.05) is 39.0 Å². The van der Waals surface area contributed by atoms with E-state index >= 15 is 0 Å². The van der Waals surface area contributed by atoms with E-state index in [0.717, 1.165) is 50.5 Å². The number of nitrogens with zero attached hydrogens (tertiary/aromatic N) is 4. The number of imidazole rings is 1. The van der Waals surface area contributed by atoms with Crippen molar-refractivity contribution in [2.45, 2.75) is 53.1 Å². The number of hydrogen-bond acceptors (Lipinski definition) is 4. The van der Waals surface area contributed by atoms with Crippen molar-refractivity contribution >= 4 is 5.91 Å². The average molecular weight is 338 g/mol. The van der Waals surface area contributed by atoms with E-state index in [9.17, 15) is 4.79 Å². The zero-order valence-electron chi connectivity index (χ0n) is 16.3. The third-order valence-corrected chi connectivity index (χ3v) is 4.17. The minimum Gasteiger partial charge on any atom is -0.345 e. The number of nitrogens with one attached hydrogen (secondary N) is 1. The van der Waals surface area contributed by atoms with Gasteiger partial charge in [0.2, 0.25) is 5.91 Å². The highest BCUT2D eigenvalue weighted by atomic mass is 16.2. The number of carbonyl (C=O) groups excluding carboxylic acids is 1. The zero-order chi connectivity index (χ0) is 18.1. The van der Waals surface area contributed by atoms with Crippen molar-refractivity contribution in [1.29, 1.82) is 0 Å². The molecule has 1 N–H and O–H groups in total. The number of rotatable bonds is 11. The van der Waals surface area contributed by atoms with Gasteiger partial charge in [0.05, 0.1) is 24.5 Å². The molecule has 6 heteroatoms. The summed E-state index contributed by atoms with van der Waals surface area (Å²) in [5.74, 6) is 1.09. The summed E-state index contributed by atoms with van der Waals surface area (Å²) in [6, 6.07) is -0.0870. The Bertz CT molecular complexity index is 480. The number of H-pyrrole nitrogens is 1. The smallest absolute Gasteiger partial charge is 0.240 e. The predicted molar refractivity (Wildman–Crippen MR) is 98.9 cm³/mol. The number of hydrogen-bond donors (Lipinski definition) is 1. The number of amides is 1. The van der Waals surface area contributed by atoms with Crippen LogP contribution in [0.2, 0.25) is 0 Å². The number of aromatic nitrogens is 2. The van der Waals surface area contributed by atoms with Crippen LogP contribution >= 0.6 is 0 Å². The van der Waals surface area contributed by atoms with Crippen molar-refractivity contribution < 1.29 is 4.79 Å². The standard InChI is InChI=1S/C18H35N5O/c1-7-9-22(10-8-2)15(3)18(24)23(12-11-21(5)6)14-17-13-19-16(4)20-17/h13,15H,7-12,14H2,1-6H3,(H,19,20)/t15-/m0/s1. The van der Waals surface area contributed by atoms with Crippen LogP contribution in [0.15, 0.2) is 6.20 Å². The van der Waals surface area contributed by atoms with E-state index in [4.69, 9.17) is 0 Å². The van der Waals surface area contributed by atoms with Crippen LogP contribution in [0.25, 0.3) is 0 Å². The molecule has 0 spiro atoms. The molecule has 6 nitrogen and oxygen atoms in total. The van der Waals surface area contributed by atoms with Gasteiger partial charge in [0.1, 0.15) is 5.82 Å². The van der Waals surface area contributed by atoms with E-state index in [1.54, 1.807) is 0 Å². The Balaban J connectivity index is 2.83. The van der Waals surface area contributed by atoms with E-state index in [-0.39, 0.29) is 11.9 Å². The highest BCUT2D eigenvalue weighted by molar-refractivity contribution is 5.81. The lowest BCUT2D eigenvalue weighted by molar-refractivity contribution is -0.137. The molecule has 0 aliphatic carbocycles. The Labute approximate surface area is 147 Å². The van der Waals surface area contributed by atoms with E-state index in [0.29, 0.717) is 6.54 Å². The molecule has 0 aromatic carbocycles. The second-order valence-corrected chi connectivity index (χ2v) is 6.77. The van der Waals surface area contributed by atoms with Gasteiger partial charge < -0.3 is 14.8 Å². The maximum Gasteiger partial charge on any atom is 0.240 e. The summed E-state index contributed by atoms with van der Waals surface area (Å²) in [7, 11) is 4.07. The molecule has 0 aliphatic rings. The SMILES string of the molecule is CCCN(CCC)[C@@H](C)C(=O)N(CCN(C)C)Cc1cnc(C)[nH]1. The van der Waals surface area contributed by atoms with Crippen molar-refractivity contribution in [2.24, 2.45) is 0 Å². The molecule has 0 bridgehead atoms. The third kappa shape index (κ3) is 6.61. The molecule has 0 unspecified atom stereocenters. The number of likely N-dealkylation sites (N-methyl/N-ethyl adjacent to an activating group) is 1. The fourth-order valence-electron chi connectivity index (χ4n) is 2.84. The van der Waals surface area contributed by atoms with Crippen LogP contribution in [0.5, 0.6) is 0 Å². The molecule has 0 fully saturated rings. The van der Waals surface area contributed by atoms with Crippen LogP contribution < -0.4 is 0 Å². The van der Waals surface area contributed by atoms with Gasteiger partial charge in [0, 0.05) is 13.1 Å². The zero-order valence-corrected chi connectivity index (χ0v) is 16.3. The largest absolute Gasteiger partial charge is 0.345 e. The summed E-state index contributed by atoms with van der Waals surface area (Å²) in [4.78, 5) is 26.9. The van der Waals surface area contributed by atoms with Gasteiger partial charge in [-0.1, -0.05) is 13.8 Å². The lowest BCUT2D eigenvalue weighted by Crippen LogP contribution is -2.48. The topological polar surface area (TPSA) is 55.5 Å². The minimum absolute atomic E-state index is 0.0870. The van der Waals surface area contributed by atoms with Gasteiger partial charge >= 0.3 is 0 Å². The fraction of sp³-hybridized carbons (Fsp3) is 0.778. The molecule has 0 saturated carbocycles. The Morgan fingerprint density at radius 2 is 1.79 bits per heavy atom. The molecule has 0 radical (unpaired) electrons. The maximum absolute atomic E-state index is 13.1. The van der Waals surface area contributed by atoms with Gasteiger partial charge in [-0.2, -0.15) is 0 Å². The van der Waals surface area contributed by atoms with Gasteiger partial charge in [-0.15, -0.1) is 0 Å². The Hall–Kier alpha value is -1.40. The molecule has 1 heterocycles. The van der Waals surface area contributed by atoms with E-state index < -0.39 is 0 Å². The van der Waals surface area contributed by atoms with Crippen LogP contribution in [-0.2, 0) is 11.3 Å². The molecule has 0 aliphatic heterocycles. The summed E-state index contributed by atoms with van der Waals surface area (Å²) < 4.78 is 0. The van der Waals surface area contributed by atoms with Crippen LogP contribution in [0, 0.1) is 6.92 Å². The first-order valence-corrected chi connectivity index (χ1v) is 9.07. The monoisotopic (exact) mass is 337 g/mol. The summed E-state index contributed by atoms with van der Waals surface area (Å²) in [6.07, 6.45) is 3.95. The van der Waals surface area contributed by atoms with Crippen LogP contribution in [0.3, 0.4) is 0 Å². The number of aromatic amines is 1. The van der Waals surface area contributed by atoms with Crippen LogP contribution in [-0.4, -0.2) is 76.9 Å². The first kappa shape index (κ1) is 20.6. The van der Waals surface area contributed by atoms with Crippen molar-refractivity contribution in [3.05, 3.63) is 17.7 Å². The maximum atomic E-state index is 13.1. The van der Waals surface area contributed by atoms with Crippen molar-refractivity contribution in [3.8, 4) is 0 Å². The van der Waals surface area contributed by atoms with Gasteiger partial charge in [-0.3, -0.25) is 9.69 Å². The fourth-order valence-corrected chi connectivity index (χ4v) is 2.84. The minimum atomic E-state index is -0.0870. The number of carbonyl (C=O) groups is 1. The molecule has 138 valence electrons. The third-order valence-electron chi connectivity index (χ3n) is 4.17. The molecule has 1 aromatic rings. The second kappa shape index (κ2) is 10.5. The van der Waals surface area contributed by atoms with Crippen molar-refractivity contribution in [2.75, 3.05) is 40.3 Å². The average Bonchev–Trinajstić information content (AvgIpc) is 2.94. The molecule has 1 atom stereocenters. The Kier molecular flexibility index (Phi) is 9.00. The highest BCUT2D eigenvalue weighted by Crippen LogP contribution is 2.10. The Morgan fingerprint density at radius 3 is 2.25 bits per heavy atom. The summed E-state index contributed by atoms with van der Waals surface area (Å²) >= 11 is 0. The summed E-state index contributed by atoms with van der Waals surface area (Å²) in [5, 5.41) is 0. The predicted octanol–water partition coefficient (Wildman–Crippen LogP) is 2.12. The molecule has 0 saturated heterocycles. The number of aryl methyl sites for hydroxylation is 1. The molecule has 1 amide bonds. The summed E-state index contributed by atoms with van der Waals surface area (Å²) in [6.45, 7) is 12.4. The molecular formula is C18H35N5O. The van der Waals surface area contributed by atoms with E-state index in [1.165, 1.54) is 0 Å². The molecule has 24 heavy (non-hydrogen) atoms. The molecular weight excluding hydrogens is 302 g/mol. The quantitative estimate of drug-likeness (QED) is 0.672. The Morgan fingerprint density at radius 1 is 1.17 bits per heavy atom. The van der Waals surface area contributed by atoms with Gasteiger partial charge in [-0.25, -0.2) is 4.98 Å². The second-order valence-electron chi connectivity index (χ2n) is 6.77.